The van der Waals surface area contributed by atoms with Crippen molar-refractivity contribution in [1.82, 2.24) is 4.98 Å². The summed E-state index contributed by atoms with van der Waals surface area (Å²) >= 11 is 1.56. The minimum Gasteiger partial charge on any atom is -0.473 e. The van der Waals surface area contributed by atoms with Crippen LogP contribution in [0.1, 0.15) is 25.5 Å². The summed E-state index contributed by atoms with van der Waals surface area (Å²) in [5.41, 5.74) is 7.21. The minimum atomic E-state index is -0.560. The van der Waals surface area contributed by atoms with Crippen molar-refractivity contribution in [2.24, 2.45) is 0 Å². The molecule has 0 saturated heterocycles. The Balaban J connectivity index is 1.99. The van der Waals surface area contributed by atoms with Gasteiger partial charge in [-0.25, -0.2) is 0 Å². The lowest BCUT2D eigenvalue weighted by Gasteiger charge is -2.14. The van der Waals surface area contributed by atoms with E-state index < -0.39 is 6.10 Å². The quantitative estimate of drug-likeness (QED) is 0.763. The number of ether oxygens (including phenoxy) is 1. The number of aliphatic hydroxyl groups excluding tert-OH is 1. The molecular formula is C14H19N3O2S. The Kier molecular flexibility index (Phi) is 4.81. The van der Waals surface area contributed by atoms with Gasteiger partial charge >= 0.3 is 0 Å². The second kappa shape index (κ2) is 6.58. The molecule has 0 radical (unpaired) electrons. The Labute approximate surface area is 122 Å². The lowest BCUT2D eigenvalue weighted by Crippen LogP contribution is -2.14. The normalized spacial score (nSPS) is 12.4. The van der Waals surface area contributed by atoms with Crippen LogP contribution in [-0.2, 0) is 0 Å². The molecule has 0 aliphatic carbocycles. The van der Waals surface area contributed by atoms with Gasteiger partial charge < -0.3 is 20.9 Å². The topological polar surface area (TPSA) is 80.4 Å². The highest BCUT2D eigenvalue weighted by molar-refractivity contribution is 7.07. The number of aliphatic hydroxyl groups is 1. The van der Waals surface area contributed by atoms with Crippen LogP contribution in [0.4, 0.5) is 11.5 Å². The van der Waals surface area contributed by atoms with Gasteiger partial charge in [-0.2, -0.15) is 16.3 Å². The number of hydrogen-bond donors (Lipinski definition) is 3. The lowest BCUT2D eigenvalue weighted by molar-refractivity contribution is 0.192. The Hall–Kier alpha value is -1.79. The van der Waals surface area contributed by atoms with Crippen molar-refractivity contribution >= 4 is 22.8 Å². The summed E-state index contributed by atoms with van der Waals surface area (Å²) in [6, 6.07) is 5.41. The standard InChI is InChI=1S/C14H19N3O2S/c1-9(2)19-14-11(15)3-4-13(17-14)16-7-12(18)10-5-6-20-8-10/h3-6,8-9,12,18H,7,15H2,1-2H3,(H,16,17). The van der Waals surface area contributed by atoms with Crippen molar-refractivity contribution in [3.05, 3.63) is 34.5 Å². The van der Waals surface area contributed by atoms with Crippen LogP contribution in [0.5, 0.6) is 5.88 Å². The maximum Gasteiger partial charge on any atom is 0.239 e. The van der Waals surface area contributed by atoms with Gasteiger partial charge in [0.25, 0.3) is 0 Å². The highest BCUT2D eigenvalue weighted by Crippen LogP contribution is 2.23. The second-order valence-corrected chi connectivity index (χ2v) is 5.49. The number of aromatic nitrogens is 1. The number of rotatable bonds is 6. The second-order valence-electron chi connectivity index (χ2n) is 4.71. The largest absolute Gasteiger partial charge is 0.473 e. The van der Waals surface area contributed by atoms with E-state index in [-0.39, 0.29) is 6.10 Å². The molecule has 5 nitrogen and oxygen atoms in total. The first kappa shape index (κ1) is 14.6. The maximum atomic E-state index is 10.0. The predicted molar refractivity (Wildman–Crippen MR) is 82.2 cm³/mol. The Morgan fingerprint density at radius 1 is 1.40 bits per heavy atom. The van der Waals surface area contributed by atoms with Crippen LogP contribution in [0.25, 0.3) is 0 Å². The zero-order valence-electron chi connectivity index (χ0n) is 11.5. The predicted octanol–water partition coefficient (Wildman–Crippen LogP) is 2.66. The van der Waals surface area contributed by atoms with Crippen LogP contribution in [0.2, 0.25) is 0 Å². The fourth-order valence-corrected chi connectivity index (χ4v) is 2.36. The molecule has 0 bridgehead atoms. The molecule has 108 valence electrons. The molecule has 1 atom stereocenters. The summed E-state index contributed by atoms with van der Waals surface area (Å²) in [6.45, 7) is 4.22. The van der Waals surface area contributed by atoms with Gasteiger partial charge in [-0.05, 0) is 48.4 Å². The lowest BCUT2D eigenvalue weighted by atomic mass is 10.2. The molecule has 20 heavy (non-hydrogen) atoms. The van der Waals surface area contributed by atoms with E-state index in [0.717, 1.165) is 5.56 Å². The summed E-state index contributed by atoms with van der Waals surface area (Å²) < 4.78 is 5.53. The number of nitrogens with one attached hydrogen (secondary N) is 1. The summed E-state index contributed by atoms with van der Waals surface area (Å²) in [5.74, 6) is 1.04. The highest BCUT2D eigenvalue weighted by Gasteiger charge is 2.10. The molecule has 2 rings (SSSR count). The molecule has 0 aliphatic heterocycles. The van der Waals surface area contributed by atoms with E-state index in [1.807, 2.05) is 30.7 Å². The van der Waals surface area contributed by atoms with Gasteiger partial charge in [0.15, 0.2) is 0 Å². The third-order valence-corrected chi connectivity index (χ3v) is 3.34. The summed E-state index contributed by atoms with van der Waals surface area (Å²) in [5, 5.41) is 16.9. The van der Waals surface area contributed by atoms with Crippen LogP contribution in [0.3, 0.4) is 0 Å². The molecule has 1 unspecified atom stereocenters. The Morgan fingerprint density at radius 2 is 2.20 bits per heavy atom. The van der Waals surface area contributed by atoms with Crippen molar-refractivity contribution in [1.29, 1.82) is 0 Å². The zero-order valence-corrected chi connectivity index (χ0v) is 12.4. The van der Waals surface area contributed by atoms with E-state index in [0.29, 0.717) is 23.9 Å². The number of pyridine rings is 1. The van der Waals surface area contributed by atoms with E-state index in [1.54, 1.807) is 23.5 Å². The van der Waals surface area contributed by atoms with Crippen LogP contribution >= 0.6 is 11.3 Å². The first-order valence-corrected chi connectivity index (χ1v) is 7.37. The van der Waals surface area contributed by atoms with Gasteiger partial charge in [0, 0.05) is 6.54 Å². The summed E-state index contributed by atoms with van der Waals surface area (Å²) in [6.07, 6.45) is -0.550. The van der Waals surface area contributed by atoms with E-state index in [4.69, 9.17) is 10.5 Å². The molecule has 6 heteroatoms. The van der Waals surface area contributed by atoms with Gasteiger partial charge in [0.1, 0.15) is 5.82 Å². The van der Waals surface area contributed by atoms with Gasteiger partial charge in [0.05, 0.1) is 17.9 Å². The van der Waals surface area contributed by atoms with E-state index in [2.05, 4.69) is 10.3 Å². The molecule has 0 spiro atoms. The van der Waals surface area contributed by atoms with Gasteiger partial charge in [-0.1, -0.05) is 0 Å². The van der Waals surface area contributed by atoms with Crippen LogP contribution in [-0.4, -0.2) is 22.7 Å². The average Bonchev–Trinajstić information content (AvgIpc) is 2.92. The van der Waals surface area contributed by atoms with Gasteiger partial charge in [-0.3, -0.25) is 0 Å². The molecule has 0 aromatic carbocycles. The van der Waals surface area contributed by atoms with E-state index in [9.17, 15) is 5.11 Å². The molecule has 0 saturated carbocycles. The third-order valence-electron chi connectivity index (χ3n) is 2.64. The monoisotopic (exact) mass is 293 g/mol. The third kappa shape index (κ3) is 3.85. The zero-order chi connectivity index (χ0) is 14.5. The van der Waals surface area contributed by atoms with Crippen LogP contribution in [0.15, 0.2) is 29.0 Å². The number of nitrogens with two attached hydrogens (primary N) is 1. The molecule has 0 fully saturated rings. The first-order valence-electron chi connectivity index (χ1n) is 6.43. The van der Waals surface area contributed by atoms with E-state index >= 15 is 0 Å². The number of hydrogen-bond acceptors (Lipinski definition) is 6. The average molecular weight is 293 g/mol. The maximum absolute atomic E-state index is 10.0. The molecule has 2 heterocycles. The Bertz CT molecular complexity index is 543. The summed E-state index contributed by atoms with van der Waals surface area (Å²) in [4.78, 5) is 4.30. The number of thiophene rings is 1. The first-order chi connectivity index (χ1) is 9.56. The minimum absolute atomic E-state index is 0.0106. The van der Waals surface area contributed by atoms with Gasteiger partial charge in [-0.15, -0.1) is 0 Å². The van der Waals surface area contributed by atoms with Crippen molar-refractivity contribution < 1.29 is 9.84 Å². The van der Waals surface area contributed by atoms with Gasteiger partial charge in [0.2, 0.25) is 5.88 Å². The molecule has 2 aromatic heterocycles. The highest BCUT2D eigenvalue weighted by atomic mass is 32.1. The SMILES string of the molecule is CC(C)Oc1nc(NCC(O)c2ccsc2)ccc1N. The number of nitrogen functional groups attached to an aromatic ring is 1. The number of nitrogens with zero attached hydrogens (tertiary/aromatic N) is 1. The molecular weight excluding hydrogens is 274 g/mol. The summed E-state index contributed by atoms with van der Waals surface area (Å²) in [7, 11) is 0. The van der Waals surface area contributed by atoms with Crippen molar-refractivity contribution in [2.45, 2.75) is 26.1 Å². The molecule has 4 N–H and O–H groups in total. The van der Waals surface area contributed by atoms with Crippen molar-refractivity contribution in [2.75, 3.05) is 17.6 Å². The van der Waals surface area contributed by atoms with E-state index in [1.165, 1.54) is 0 Å². The molecule has 0 aliphatic rings. The van der Waals surface area contributed by atoms with Crippen molar-refractivity contribution in [3.63, 3.8) is 0 Å². The fraction of sp³-hybridized carbons (Fsp3) is 0.357. The van der Waals surface area contributed by atoms with Crippen molar-refractivity contribution in [3.8, 4) is 5.88 Å². The number of anilines is 2. The molecule has 2 aromatic rings. The Morgan fingerprint density at radius 3 is 2.85 bits per heavy atom. The van der Waals surface area contributed by atoms with Crippen LogP contribution < -0.4 is 15.8 Å². The molecule has 0 amide bonds. The fourth-order valence-electron chi connectivity index (χ4n) is 1.65. The smallest absolute Gasteiger partial charge is 0.239 e. The van der Waals surface area contributed by atoms with Crippen LogP contribution in [0, 0.1) is 0 Å².